The second-order valence-electron chi connectivity index (χ2n) is 10.0. The van der Waals surface area contributed by atoms with Crippen LogP contribution >= 0.6 is 0 Å². The van der Waals surface area contributed by atoms with Crippen LogP contribution in [0.25, 0.3) is 10.9 Å². The first kappa shape index (κ1) is 27.7. The molecular weight excluding hydrogens is 531 g/mol. The van der Waals surface area contributed by atoms with Gasteiger partial charge in [-0.2, -0.15) is 5.10 Å². The molecule has 3 heterocycles. The van der Waals surface area contributed by atoms with Gasteiger partial charge in [-0.25, -0.2) is 9.97 Å². The fourth-order valence-corrected chi connectivity index (χ4v) is 5.25. The molecule has 1 aliphatic heterocycles. The molecule has 3 aromatic rings. The van der Waals surface area contributed by atoms with Gasteiger partial charge in [0.15, 0.2) is 17.4 Å². The molecule has 0 spiro atoms. The summed E-state index contributed by atoms with van der Waals surface area (Å²) in [6, 6.07) is 6.19. The van der Waals surface area contributed by atoms with Gasteiger partial charge < -0.3 is 9.64 Å². The molecule has 1 amide bonds. The molecule has 0 radical (unpaired) electrons. The van der Waals surface area contributed by atoms with Crippen LogP contribution in [0, 0.1) is 5.92 Å². The predicted octanol–water partition coefficient (Wildman–Crippen LogP) is 3.87. The zero-order valence-corrected chi connectivity index (χ0v) is 21.8. The predicted molar refractivity (Wildman–Crippen MR) is 134 cm³/mol. The van der Waals surface area contributed by atoms with Gasteiger partial charge in [0.1, 0.15) is 24.6 Å². The van der Waals surface area contributed by atoms with E-state index in [2.05, 4.69) is 19.8 Å². The van der Waals surface area contributed by atoms with Gasteiger partial charge in [0.25, 0.3) is 0 Å². The summed E-state index contributed by atoms with van der Waals surface area (Å²) in [4.78, 5) is 48.6. The maximum absolute atomic E-state index is 13.4. The minimum absolute atomic E-state index is 0.0238. The van der Waals surface area contributed by atoms with Crippen LogP contribution in [0.3, 0.4) is 0 Å². The third-order valence-electron chi connectivity index (χ3n) is 7.17. The molecular formula is C27H28F3N5O5. The van der Waals surface area contributed by atoms with E-state index in [0.29, 0.717) is 28.9 Å². The first-order valence-electron chi connectivity index (χ1n) is 13.1. The molecule has 40 heavy (non-hydrogen) atoms. The van der Waals surface area contributed by atoms with E-state index in [4.69, 9.17) is 4.74 Å². The van der Waals surface area contributed by atoms with E-state index in [0.717, 1.165) is 6.42 Å². The summed E-state index contributed by atoms with van der Waals surface area (Å²) in [7, 11) is 0. The van der Waals surface area contributed by atoms with Crippen LogP contribution in [0.2, 0.25) is 0 Å². The van der Waals surface area contributed by atoms with E-state index in [1.165, 1.54) is 11.6 Å². The number of carbonyl (C=O) groups is 3. The molecule has 10 nitrogen and oxygen atoms in total. The van der Waals surface area contributed by atoms with Crippen molar-refractivity contribution in [1.82, 2.24) is 24.6 Å². The monoisotopic (exact) mass is 559 g/mol. The van der Waals surface area contributed by atoms with E-state index in [-0.39, 0.29) is 67.5 Å². The number of likely N-dealkylation sites (tertiary alicyclic amines) is 1. The highest BCUT2D eigenvalue weighted by Crippen LogP contribution is 2.48. The zero-order chi connectivity index (χ0) is 28.4. The van der Waals surface area contributed by atoms with Gasteiger partial charge in [0, 0.05) is 37.2 Å². The van der Waals surface area contributed by atoms with E-state index in [1.54, 1.807) is 41.6 Å². The summed E-state index contributed by atoms with van der Waals surface area (Å²) in [5.41, 5.74) is 0.768. The Morgan fingerprint density at radius 2 is 1.88 bits per heavy atom. The largest absolute Gasteiger partial charge is 0.522 e. The van der Waals surface area contributed by atoms with Crippen molar-refractivity contribution < 1.29 is 37.0 Å². The molecule has 5 rings (SSSR count). The third kappa shape index (κ3) is 6.30. The van der Waals surface area contributed by atoms with E-state index >= 15 is 0 Å². The minimum atomic E-state index is -4.69. The first-order chi connectivity index (χ1) is 19.1. The SMILES string of the molecule is CC(=O)c1nn(CC(=O)N2[C@@H]3C[C@@H]3C[C@H]2C(=O)CCCCOC(F)(F)F)c2ccc(OCc3ncccn3)cc12. The number of carbonyl (C=O) groups excluding carboxylic acids is 3. The van der Waals surface area contributed by atoms with Crippen molar-refractivity contribution in [3.63, 3.8) is 0 Å². The number of unbranched alkanes of at least 4 members (excludes halogenated alkanes) is 1. The molecule has 3 atom stereocenters. The Morgan fingerprint density at radius 1 is 1.10 bits per heavy atom. The maximum atomic E-state index is 13.4. The molecule has 1 aromatic carbocycles. The van der Waals surface area contributed by atoms with Gasteiger partial charge >= 0.3 is 6.36 Å². The molecule has 212 valence electrons. The van der Waals surface area contributed by atoms with Crippen molar-refractivity contribution in [2.24, 2.45) is 5.92 Å². The fraction of sp³-hybridized carbons (Fsp3) is 0.481. The Hall–Kier alpha value is -3.87. The van der Waals surface area contributed by atoms with Gasteiger partial charge in [-0.3, -0.25) is 23.8 Å². The average Bonchev–Trinajstić information content (AvgIpc) is 3.42. The number of piperidine rings is 1. The lowest BCUT2D eigenvalue weighted by Gasteiger charge is -2.27. The number of benzene rings is 1. The standard InChI is InChI=1S/C27H28F3N5O5/c1-16(36)26-19-13-18(39-15-24-31-8-4-9-32-24)6-7-20(19)34(33-26)14-25(38)35-21-11-17(21)12-22(35)23(37)5-2-3-10-40-27(28,29)30/h4,6-9,13,17,21-22H,2-3,5,10-12,14-15H2,1H3/t17-,21-,22+/m1/s1. The van der Waals surface area contributed by atoms with Crippen LogP contribution < -0.4 is 4.74 Å². The van der Waals surface area contributed by atoms with Crippen molar-refractivity contribution in [2.45, 2.75) is 70.6 Å². The quantitative estimate of drug-likeness (QED) is 0.243. The topological polar surface area (TPSA) is 117 Å². The number of hydrogen-bond donors (Lipinski definition) is 0. The molecule has 2 aliphatic rings. The first-order valence-corrected chi connectivity index (χ1v) is 13.1. The fourth-order valence-electron chi connectivity index (χ4n) is 5.25. The van der Waals surface area contributed by atoms with Crippen molar-refractivity contribution in [1.29, 1.82) is 0 Å². The zero-order valence-electron chi connectivity index (χ0n) is 21.8. The number of amides is 1. The highest BCUT2D eigenvalue weighted by Gasteiger charge is 2.55. The summed E-state index contributed by atoms with van der Waals surface area (Å²) in [5, 5.41) is 4.94. The Morgan fingerprint density at radius 3 is 2.60 bits per heavy atom. The number of ketones is 2. The van der Waals surface area contributed by atoms with Crippen LogP contribution in [0.5, 0.6) is 5.75 Å². The summed E-state index contributed by atoms with van der Waals surface area (Å²) in [5.74, 6) is 0.516. The lowest BCUT2D eigenvalue weighted by Crippen LogP contribution is -2.44. The third-order valence-corrected chi connectivity index (χ3v) is 7.17. The van der Waals surface area contributed by atoms with Crippen molar-refractivity contribution in [3.8, 4) is 5.75 Å². The molecule has 0 bridgehead atoms. The lowest BCUT2D eigenvalue weighted by atomic mass is 10.0. The number of rotatable bonds is 12. The smallest absolute Gasteiger partial charge is 0.486 e. The average molecular weight is 560 g/mol. The van der Waals surface area contributed by atoms with Gasteiger partial charge in [0.05, 0.1) is 18.2 Å². The Kier molecular flexibility index (Phi) is 7.83. The lowest BCUT2D eigenvalue weighted by molar-refractivity contribution is -0.324. The summed E-state index contributed by atoms with van der Waals surface area (Å²) in [6.45, 7) is 0.862. The van der Waals surface area contributed by atoms with Crippen molar-refractivity contribution >= 4 is 28.4 Å². The van der Waals surface area contributed by atoms with E-state index < -0.39 is 19.0 Å². The second-order valence-corrected chi connectivity index (χ2v) is 10.0. The molecule has 2 aromatic heterocycles. The minimum Gasteiger partial charge on any atom is -0.486 e. The number of Topliss-reactive ketones (excluding diaryl/α,β-unsaturated/α-hetero) is 2. The molecule has 0 N–H and O–H groups in total. The molecule has 1 aliphatic carbocycles. The second kappa shape index (κ2) is 11.3. The number of alkyl halides is 3. The highest BCUT2D eigenvalue weighted by atomic mass is 19.4. The van der Waals surface area contributed by atoms with Gasteiger partial charge in [0.2, 0.25) is 5.91 Å². The number of aromatic nitrogens is 4. The van der Waals surface area contributed by atoms with Crippen molar-refractivity contribution in [2.75, 3.05) is 6.61 Å². The van der Waals surface area contributed by atoms with E-state index in [1.807, 2.05) is 0 Å². The van der Waals surface area contributed by atoms with E-state index in [9.17, 15) is 27.6 Å². The van der Waals surface area contributed by atoms with Gasteiger partial charge in [-0.15, -0.1) is 13.2 Å². The summed E-state index contributed by atoms with van der Waals surface area (Å²) >= 11 is 0. The normalized spacial score (nSPS) is 20.0. The Labute approximate surface area is 227 Å². The van der Waals surface area contributed by atoms with Crippen LogP contribution in [0.15, 0.2) is 36.7 Å². The van der Waals surface area contributed by atoms with Crippen LogP contribution in [-0.4, -0.2) is 67.2 Å². The van der Waals surface area contributed by atoms with Crippen LogP contribution in [-0.2, 0) is 27.5 Å². The van der Waals surface area contributed by atoms with Crippen molar-refractivity contribution in [3.05, 3.63) is 48.2 Å². The molecule has 13 heteroatoms. The number of nitrogens with zero attached hydrogens (tertiary/aromatic N) is 5. The summed E-state index contributed by atoms with van der Waals surface area (Å²) < 4.78 is 47.4. The number of hydrogen-bond acceptors (Lipinski definition) is 8. The molecule has 2 fully saturated rings. The van der Waals surface area contributed by atoms with Crippen LogP contribution in [0.1, 0.15) is 55.3 Å². The molecule has 1 saturated carbocycles. The number of ether oxygens (including phenoxy) is 2. The highest BCUT2D eigenvalue weighted by molar-refractivity contribution is 6.05. The maximum Gasteiger partial charge on any atom is 0.522 e. The van der Waals surface area contributed by atoms with Gasteiger partial charge in [-0.05, 0) is 55.9 Å². The summed E-state index contributed by atoms with van der Waals surface area (Å²) in [6.07, 6.45) is 0.318. The molecule has 0 unspecified atom stereocenters. The number of halogens is 3. The van der Waals surface area contributed by atoms with Crippen LogP contribution in [0.4, 0.5) is 13.2 Å². The Balaban J connectivity index is 1.26. The molecule has 1 saturated heterocycles. The van der Waals surface area contributed by atoms with Gasteiger partial charge in [-0.1, -0.05) is 0 Å². The Bertz CT molecular complexity index is 1410. The number of fused-ring (bicyclic) bond motifs is 2.